The monoisotopic (exact) mass is 230 g/mol. The number of benzene rings is 1. The largest absolute Gasteiger partial charge is 0.480 e. The minimum absolute atomic E-state index is 0.116. The van der Waals surface area contributed by atoms with Crippen molar-refractivity contribution in [2.24, 2.45) is 0 Å². The normalized spacial score (nSPS) is 10.3. The highest BCUT2D eigenvalue weighted by Crippen LogP contribution is 2.15. The van der Waals surface area contributed by atoms with Gasteiger partial charge in [-0.3, -0.25) is 4.79 Å². The first kappa shape index (κ1) is 11.4. The molecule has 0 aliphatic rings. The third-order valence-electron chi connectivity index (χ3n) is 2.78. The van der Waals surface area contributed by atoms with Crippen LogP contribution in [0.15, 0.2) is 35.1 Å². The van der Waals surface area contributed by atoms with Gasteiger partial charge in [-0.05, 0) is 26.0 Å². The predicted molar refractivity (Wildman–Crippen MR) is 65.9 cm³/mol. The summed E-state index contributed by atoms with van der Waals surface area (Å²) in [5, 5.41) is 4.20. The fraction of sp³-hybridized carbons (Fsp3) is 0.231. The molecule has 0 spiro atoms. The Balaban J connectivity index is 2.72. The first-order valence-electron chi connectivity index (χ1n) is 5.35. The molecule has 1 heterocycles. The van der Waals surface area contributed by atoms with Crippen molar-refractivity contribution >= 4 is 0 Å². The third kappa shape index (κ3) is 1.93. The van der Waals surface area contributed by atoms with Gasteiger partial charge in [-0.2, -0.15) is 4.68 Å². The van der Waals surface area contributed by atoms with Crippen molar-refractivity contribution in [3.63, 3.8) is 0 Å². The maximum Gasteiger partial charge on any atom is 0.274 e. The van der Waals surface area contributed by atoms with Crippen molar-refractivity contribution in [1.29, 1.82) is 0 Å². The van der Waals surface area contributed by atoms with Gasteiger partial charge in [0.25, 0.3) is 5.56 Å². The van der Waals surface area contributed by atoms with Gasteiger partial charge in [0.05, 0.1) is 12.8 Å². The number of hydrogen-bond acceptors (Lipinski definition) is 3. The molecule has 0 amide bonds. The van der Waals surface area contributed by atoms with E-state index in [0.717, 1.165) is 11.3 Å². The summed E-state index contributed by atoms with van der Waals surface area (Å²) >= 11 is 0. The van der Waals surface area contributed by atoms with Crippen molar-refractivity contribution in [3.05, 3.63) is 51.8 Å². The molecule has 4 nitrogen and oxygen atoms in total. The Kier molecular flexibility index (Phi) is 2.95. The van der Waals surface area contributed by atoms with Crippen LogP contribution in [0.25, 0.3) is 5.69 Å². The van der Waals surface area contributed by atoms with E-state index in [0.29, 0.717) is 11.4 Å². The second-order valence-corrected chi connectivity index (χ2v) is 3.81. The summed E-state index contributed by atoms with van der Waals surface area (Å²) in [6.07, 6.45) is 0. The lowest BCUT2D eigenvalue weighted by atomic mass is 10.2. The minimum atomic E-state index is -0.116. The number of hydrogen-bond donors (Lipinski definition) is 0. The van der Waals surface area contributed by atoms with Crippen LogP contribution in [0.3, 0.4) is 0 Å². The Morgan fingerprint density at radius 3 is 2.35 bits per heavy atom. The van der Waals surface area contributed by atoms with E-state index in [1.807, 2.05) is 37.3 Å². The zero-order chi connectivity index (χ0) is 12.4. The zero-order valence-corrected chi connectivity index (χ0v) is 10.1. The van der Waals surface area contributed by atoms with Gasteiger partial charge in [-0.25, -0.2) is 0 Å². The molecule has 4 heteroatoms. The van der Waals surface area contributed by atoms with Gasteiger partial charge in [0.1, 0.15) is 0 Å². The highest BCUT2D eigenvalue weighted by atomic mass is 16.5. The number of aromatic nitrogens is 2. The fourth-order valence-corrected chi connectivity index (χ4v) is 1.63. The van der Waals surface area contributed by atoms with E-state index in [9.17, 15) is 4.79 Å². The van der Waals surface area contributed by atoms with Gasteiger partial charge < -0.3 is 4.74 Å². The lowest BCUT2D eigenvalue weighted by Gasteiger charge is -2.10. The molecule has 88 valence electrons. The highest BCUT2D eigenvalue weighted by Gasteiger charge is 2.11. The Bertz CT molecular complexity index is 588. The molecule has 0 atom stereocenters. The summed E-state index contributed by atoms with van der Waals surface area (Å²) in [5.41, 5.74) is 2.05. The van der Waals surface area contributed by atoms with E-state index in [2.05, 4.69) is 5.10 Å². The van der Waals surface area contributed by atoms with Crippen LogP contribution in [0.1, 0.15) is 11.1 Å². The second kappa shape index (κ2) is 4.41. The number of rotatable bonds is 2. The van der Waals surface area contributed by atoms with Crippen LogP contribution in [0.4, 0.5) is 0 Å². The minimum Gasteiger partial charge on any atom is -0.480 e. The van der Waals surface area contributed by atoms with Crippen molar-refractivity contribution in [1.82, 2.24) is 9.78 Å². The molecule has 17 heavy (non-hydrogen) atoms. The second-order valence-electron chi connectivity index (χ2n) is 3.81. The molecule has 0 unspecified atom stereocenters. The topological polar surface area (TPSA) is 44.1 Å². The van der Waals surface area contributed by atoms with Crippen molar-refractivity contribution in [2.75, 3.05) is 7.11 Å². The molecule has 0 saturated carbocycles. The average Bonchev–Trinajstić information content (AvgIpc) is 2.37. The van der Waals surface area contributed by atoms with Crippen LogP contribution in [0.2, 0.25) is 0 Å². The Morgan fingerprint density at radius 1 is 1.12 bits per heavy atom. The summed E-state index contributed by atoms with van der Waals surface area (Å²) in [7, 11) is 1.55. The molecular formula is C13H14N2O2. The molecular weight excluding hydrogens is 216 g/mol. The van der Waals surface area contributed by atoms with Crippen molar-refractivity contribution < 1.29 is 4.74 Å². The predicted octanol–water partition coefficient (Wildman–Crippen LogP) is 1.86. The zero-order valence-electron chi connectivity index (χ0n) is 10.1. The first-order chi connectivity index (χ1) is 8.15. The van der Waals surface area contributed by atoms with Crippen molar-refractivity contribution in [2.45, 2.75) is 13.8 Å². The van der Waals surface area contributed by atoms with E-state index < -0.39 is 0 Å². The summed E-state index contributed by atoms with van der Waals surface area (Å²) in [5.74, 6) is 0.478. The first-order valence-corrected chi connectivity index (χ1v) is 5.35. The van der Waals surface area contributed by atoms with E-state index in [1.54, 1.807) is 14.0 Å². The van der Waals surface area contributed by atoms with Crippen LogP contribution in [0, 0.1) is 13.8 Å². The lowest BCUT2D eigenvalue weighted by molar-refractivity contribution is 0.382. The van der Waals surface area contributed by atoms with Gasteiger partial charge in [0.2, 0.25) is 5.88 Å². The van der Waals surface area contributed by atoms with Crippen LogP contribution in [-0.4, -0.2) is 16.9 Å². The summed E-state index contributed by atoms with van der Waals surface area (Å²) < 4.78 is 6.53. The molecule has 0 radical (unpaired) electrons. The van der Waals surface area contributed by atoms with Gasteiger partial charge in [-0.1, -0.05) is 18.2 Å². The van der Waals surface area contributed by atoms with Crippen molar-refractivity contribution in [3.8, 4) is 11.6 Å². The van der Waals surface area contributed by atoms with Gasteiger partial charge in [0.15, 0.2) is 0 Å². The quantitative estimate of drug-likeness (QED) is 0.791. The van der Waals surface area contributed by atoms with Crippen LogP contribution in [0.5, 0.6) is 5.88 Å². The van der Waals surface area contributed by atoms with Gasteiger partial charge in [-0.15, -0.1) is 5.10 Å². The summed E-state index contributed by atoms with van der Waals surface area (Å²) in [4.78, 5) is 12.1. The summed E-state index contributed by atoms with van der Waals surface area (Å²) in [6, 6.07) is 9.30. The molecule has 0 fully saturated rings. The third-order valence-corrected chi connectivity index (χ3v) is 2.78. The molecule has 0 aliphatic carbocycles. The van der Waals surface area contributed by atoms with Gasteiger partial charge >= 0.3 is 0 Å². The molecule has 0 saturated heterocycles. The standard InChI is InChI=1S/C13H14N2O2/c1-9-10(2)13(16)15(14-12(9)17-3)11-7-5-4-6-8-11/h4-8H,1-3H3. The molecule has 2 rings (SSSR count). The van der Waals surface area contributed by atoms with E-state index in [4.69, 9.17) is 4.74 Å². The SMILES string of the molecule is COc1nn(-c2ccccc2)c(=O)c(C)c1C. The van der Waals surface area contributed by atoms with Crippen LogP contribution >= 0.6 is 0 Å². The average molecular weight is 230 g/mol. The molecule has 0 bridgehead atoms. The maximum atomic E-state index is 12.1. The van der Waals surface area contributed by atoms with Crippen LogP contribution in [-0.2, 0) is 0 Å². The number of para-hydroxylation sites is 1. The van der Waals surface area contributed by atoms with Gasteiger partial charge in [0, 0.05) is 11.1 Å². The number of nitrogens with zero attached hydrogens (tertiary/aromatic N) is 2. The molecule has 1 aromatic heterocycles. The maximum absolute atomic E-state index is 12.1. The van der Waals surface area contributed by atoms with E-state index in [-0.39, 0.29) is 5.56 Å². The fourth-order valence-electron chi connectivity index (χ4n) is 1.63. The van der Waals surface area contributed by atoms with E-state index >= 15 is 0 Å². The number of methoxy groups -OCH3 is 1. The Labute approximate surface area is 99.5 Å². The lowest BCUT2D eigenvalue weighted by Crippen LogP contribution is -2.25. The Hall–Kier alpha value is -2.10. The van der Waals surface area contributed by atoms with E-state index in [1.165, 1.54) is 4.68 Å². The highest BCUT2D eigenvalue weighted by molar-refractivity contribution is 5.36. The molecule has 1 aromatic carbocycles. The molecule has 2 aromatic rings. The Morgan fingerprint density at radius 2 is 1.76 bits per heavy atom. The molecule has 0 N–H and O–H groups in total. The van der Waals surface area contributed by atoms with Crippen LogP contribution < -0.4 is 10.3 Å². The number of ether oxygens (including phenoxy) is 1. The molecule has 0 aliphatic heterocycles. The smallest absolute Gasteiger partial charge is 0.274 e. The summed E-state index contributed by atoms with van der Waals surface area (Å²) in [6.45, 7) is 3.61.